The summed E-state index contributed by atoms with van der Waals surface area (Å²) in [6.07, 6.45) is -4.92. The van der Waals surface area contributed by atoms with Gasteiger partial charge in [-0.3, -0.25) is 25.2 Å². The number of alkyl halides is 4. The van der Waals surface area contributed by atoms with Gasteiger partial charge in [-0.05, 0) is 36.4 Å². The van der Waals surface area contributed by atoms with Crippen molar-refractivity contribution in [2.45, 2.75) is 12.6 Å². The number of benzene rings is 2. The Balaban J connectivity index is 2.07. The van der Waals surface area contributed by atoms with Crippen molar-refractivity contribution >= 4 is 40.6 Å². The molecule has 148 valence electrons. The van der Waals surface area contributed by atoms with Crippen LogP contribution < -0.4 is 16.2 Å². The molecule has 3 N–H and O–H groups in total. The number of hydrogen-bond acceptors (Lipinski definition) is 4. The second-order valence-electron chi connectivity index (χ2n) is 5.60. The average Bonchev–Trinajstić information content (AvgIpc) is 2.66. The van der Waals surface area contributed by atoms with Crippen molar-refractivity contribution in [1.82, 2.24) is 10.9 Å². The first kappa shape index (κ1) is 21.2. The van der Waals surface area contributed by atoms with E-state index in [1.165, 1.54) is 18.2 Å². The van der Waals surface area contributed by atoms with E-state index in [1.54, 1.807) is 18.2 Å². The summed E-state index contributed by atoms with van der Waals surface area (Å²) < 4.78 is 37.9. The molecule has 10 heteroatoms. The molecule has 0 radical (unpaired) electrons. The number of ketones is 1. The molecule has 28 heavy (non-hydrogen) atoms. The normalized spacial score (nSPS) is 10.9. The molecule has 6 nitrogen and oxygen atoms in total. The Kier molecular flexibility index (Phi) is 7.00. The zero-order chi connectivity index (χ0) is 20.7. The highest BCUT2D eigenvalue weighted by molar-refractivity contribution is 6.29. The lowest BCUT2D eigenvalue weighted by Gasteiger charge is -2.13. The molecule has 0 aromatic heterocycles. The van der Waals surface area contributed by atoms with Crippen LogP contribution in [0.1, 0.15) is 22.3 Å². The number of Topliss-reactive ketones (excluding diaryl/α,β-unsaturated/α-hetero) is 1. The van der Waals surface area contributed by atoms with Gasteiger partial charge in [0, 0.05) is 5.69 Å². The molecule has 0 heterocycles. The third-order valence-electron chi connectivity index (χ3n) is 3.49. The molecule has 0 saturated carbocycles. The number of para-hydroxylation sites is 1. The van der Waals surface area contributed by atoms with Crippen molar-refractivity contribution in [3.8, 4) is 0 Å². The van der Waals surface area contributed by atoms with Gasteiger partial charge in [0.15, 0.2) is 5.78 Å². The van der Waals surface area contributed by atoms with Crippen LogP contribution in [0.4, 0.5) is 24.5 Å². The summed E-state index contributed by atoms with van der Waals surface area (Å²) >= 11 is 5.30. The molecule has 0 aliphatic heterocycles. The third kappa shape index (κ3) is 5.98. The van der Waals surface area contributed by atoms with Gasteiger partial charge in [-0.2, -0.15) is 13.2 Å². The van der Waals surface area contributed by atoms with E-state index in [9.17, 15) is 27.6 Å². The van der Waals surface area contributed by atoms with E-state index in [1.807, 2.05) is 0 Å². The molecule has 0 aliphatic rings. The number of rotatable bonds is 6. The molecular weight excluding hydrogens is 399 g/mol. The van der Waals surface area contributed by atoms with Gasteiger partial charge < -0.3 is 5.32 Å². The van der Waals surface area contributed by atoms with E-state index in [4.69, 9.17) is 11.6 Å². The molecule has 0 spiro atoms. The number of carbonyl (C=O) groups is 3. The first-order chi connectivity index (χ1) is 13.2. The minimum absolute atomic E-state index is 0.131. The van der Waals surface area contributed by atoms with Crippen LogP contribution >= 0.6 is 11.6 Å². The number of nitrogens with one attached hydrogen (secondary N) is 3. The number of halogens is 4. The smallest absolute Gasteiger partial charge is 0.355 e. The van der Waals surface area contributed by atoms with Crippen LogP contribution in [0.2, 0.25) is 0 Å². The van der Waals surface area contributed by atoms with Crippen LogP contribution in [0.5, 0.6) is 0 Å². The molecule has 0 saturated heterocycles. The number of hydrogen-bond donors (Lipinski definition) is 3. The lowest BCUT2D eigenvalue weighted by Crippen LogP contribution is -2.42. The molecule has 2 aromatic rings. The van der Waals surface area contributed by atoms with Gasteiger partial charge in [-0.15, -0.1) is 11.6 Å². The summed E-state index contributed by atoms with van der Waals surface area (Å²) in [5.41, 5.74) is 4.24. The third-order valence-corrected chi connectivity index (χ3v) is 3.78. The van der Waals surface area contributed by atoms with E-state index in [0.29, 0.717) is 11.4 Å². The first-order valence-electron chi connectivity index (χ1n) is 7.91. The molecular formula is C18H15ClF3N3O3. The van der Waals surface area contributed by atoms with Crippen molar-refractivity contribution in [3.63, 3.8) is 0 Å². The predicted octanol–water partition coefficient (Wildman–Crippen LogP) is 3.41. The largest absolute Gasteiger partial charge is 0.416 e. The highest BCUT2D eigenvalue weighted by atomic mass is 35.5. The number of amides is 2. The molecule has 2 aromatic carbocycles. The topological polar surface area (TPSA) is 87.3 Å². The summed E-state index contributed by atoms with van der Waals surface area (Å²) in [5.74, 6) is -2.23. The minimum atomic E-state index is -4.45. The van der Waals surface area contributed by atoms with Gasteiger partial charge in [0.05, 0.1) is 29.1 Å². The number of anilines is 2. The highest BCUT2D eigenvalue weighted by Crippen LogP contribution is 2.30. The molecule has 0 bridgehead atoms. The standard InChI is InChI=1S/C18H15ClF3N3O3/c19-10-13(26)9-16(27)24-25-17(28)14-3-1-2-4-15(14)23-12-7-5-11(6-8-12)18(20,21)22/h1-8,23H,9-10H2,(H,24,27)(H,25,28). The molecule has 0 atom stereocenters. The average molecular weight is 414 g/mol. The SMILES string of the molecule is O=C(CCl)CC(=O)NNC(=O)c1ccccc1Nc1ccc(C(F)(F)F)cc1. The molecule has 0 aliphatic carbocycles. The van der Waals surface area contributed by atoms with Crippen LogP contribution in [-0.2, 0) is 15.8 Å². The Labute approximate surface area is 163 Å². The van der Waals surface area contributed by atoms with Crippen molar-refractivity contribution in [2.24, 2.45) is 0 Å². The molecule has 2 amide bonds. The fourth-order valence-electron chi connectivity index (χ4n) is 2.15. The zero-order valence-electron chi connectivity index (χ0n) is 14.3. The van der Waals surface area contributed by atoms with Gasteiger partial charge in [0.1, 0.15) is 0 Å². The van der Waals surface area contributed by atoms with Crippen molar-refractivity contribution < 1.29 is 27.6 Å². The summed E-state index contributed by atoms with van der Waals surface area (Å²) in [6, 6.07) is 10.5. The molecule has 0 fully saturated rings. The van der Waals surface area contributed by atoms with Crippen LogP contribution in [0.3, 0.4) is 0 Å². The Hall–Kier alpha value is -3.07. The first-order valence-corrected chi connectivity index (χ1v) is 8.44. The molecule has 2 rings (SSSR count). The zero-order valence-corrected chi connectivity index (χ0v) is 15.0. The maximum atomic E-state index is 12.6. The highest BCUT2D eigenvalue weighted by Gasteiger charge is 2.30. The Morgan fingerprint density at radius 1 is 0.929 bits per heavy atom. The monoisotopic (exact) mass is 413 g/mol. The second kappa shape index (κ2) is 9.23. The van der Waals surface area contributed by atoms with Crippen LogP contribution in [0.15, 0.2) is 48.5 Å². The van der Waals surface area contributed by atoms with Gasteiger partial charge in [-0.25, -0.2) is 0 Å². The van der Waals surface area contributed by atoms with E-state index in [-0.39, 0.29) is 11.4 Å². The van der Waals surface area contributed by atoms with E-state index >= 15 is 0 Å². The number of carbonyl (C=O) groups excluding carboxylic acids is 3. The predicted molar refractivity (Wildman–Crippen MR) is 97.1 cm³/mol. The fourth-order valence-corrected chi connectivity index (χ4v) is 2.25. The number of hydrazine groups is 1. The van der Waals surface area contributed by atoms with Gasteiger partial charge in [0.2, 0.25) is 5.91 Å². The summed E-state index contributed by atoms with van der Waals surface area (Å²) in [4.78, 5) is 34.9. The fraction of sp³-hybridized carbons (Fsp3) is 0.167. The summed E-state index contributed by atoms with van der Waals surface area (Å²) in [7, 11) is 0. The van der Waals surface area contributed by atoms with Crippen molar-refractivity contribution in [1.29, 1.82) is 0 Å². The van der Waals surface area contributed by atoms with Crippen LogP contribution in [0.25, 0.3) is 0 Å². The van der Waals surface area contributed by atoms with Gasteiger partial charge in [0.25, 0.3) is 5.91 Å². The van der Waals surface area contributed by atoms with E-state index in [0.717, 1.165) is 12.1 Å². The minimum Gasteiger partial charge on any atom is -0.355 e. The van der Waals surface area contributed by atoms with Gasteiger partial charge in [-0.1, -0.05) is 12.1 Å². The Bertz CT molecular complexity index is 870. The van der Waals surface area contributed by atoms with E-state index < -0.39 is 35.8 Å². The lowest BCUT2D eigenvalue weighted by molar-refractivity contribution is -0.137. The second-order valence-corrected chi connectivity index (χ2v) is 5.86. The maximum absolute atomic E-state index is 12.6. The van der Waals surface area contributed by atoms with E-state index in [2.05, 4.69) is 16.2 Å². The summed E-state index contributed by atoms with van der Waals surface area (Å²) in [5, 5.41) is 2.85. The Morgan fingerprint density at radius 3 is 2.18 bits per heavy atom. The molecule has 0 unspecified atom stereocenters. The van der Waals surface area contributed by atoms with Crippen molar-refractivity contribution in [3.05, 3.63) is 59.7 Å². The lowest BCUT2D eigenvalue weighted by atomic mass is 10.1. The summed E-state index contributed by atoms with van der Waals surface area (Å²) in [6.45, 7) is 0. The van der Waals surface area contributed by atoms with Crippen LogP contribution in [-0.4, -0.2) is 23.5 Å². The quantitative estimate of drug-likeness (QED) is 0.385. The maximum Gasteiger partial charge on any atom is 0.416 e. The van der Waals surface area contributed by atoms with Crippen LogP contribution in [0, 0.1) is 0 Å². The van der Waals surface area contributed by atoms with Gasteiger partial charge >= 0.3 is 6.18 Å². The van der Waals surface area contributed by atoms with Crippen molar-refractivity contribution in [2.75, 3.05) is 11.2 Å². The Morgan fingerprint density at radius 2 is 1.57 bits per heavy atom.